The molecule has 2 N–H and O–H groups in total. The minimum Gasteiger partial charge on any atom is -0.364 e. The summed E-state index contributed by atoms with van der Waals surface area (Å²) in [7, 11) is 1.50. The van der Waals surface area contributed by atoms with E-state index in [0.29, 0.717) is 0 Å². The molecule has 0 saturated carbocycles. The summed E-state index contributed by atoms with van der Waals surface area (Å²) in [4.78, 5) is 0. The second-order valence-electron chi connectivity index (χ2n) is 3.88. The maximum absolute atomic E-state index is 8.97. The van der Waals surface area contributed by atoms with Gasteiger partial charge in [0.1, 0.15) is 0 Å². The molecule has 0 aliphatic carbocycles. The smallest absolute Gasteiger partial charge is 0.162 e. The number of hydrogen-bond donors (Lipinski definition) is 1. The first-order valence-corrected chi connectivity index (χ1v) is 5.43. The van der Waals surface area contributed by atoms with Crippen molar-refractivity contribution in [1.82, 2.24) is 0 Å². The van der Waals surface area contributed by atoms with Crippen LogP contribution in [-0.2, 0) is 4.74 Å². The van der Waals surface area contributed by atoms with Gasteiger partial charge < -0.3 is 10.5 Å². The SMILES string of the molecule is CO[C@H](C#N)[C@@H](N)c1cccc2ccccc12. The summed E-state index contributed by atoms with van der Waals surface area (Å²) in [5, 5.41) is 11.2. The van der Waals surface area contributed by atoms with Crippen LogP contribution in [0.25, 0.3) is 10.8 Å². The first-order chi connectivity index (χ1) is 8.27. The highest BCUT2D eigenvalue weighted by Gasteiger charge is 2.19. The number of benzene rings is 2. The van der Waals surface area contributed by atoms with Gasteiger partial charge in [-0.3, -0.25) is 0 Å². The fourth-order valence-corrected chi connectivity index (χ4v) is 1.98. The molecule has 0 aliphatic heterocycles. The Morgan fingerprint density at radius 2 is 1.88 bits per heavy atom. The molecule has 0 unspecified atom stereocenters. The first-order valence-electron chi connectivity index (χ1n) is 5.43. The summed E-state index contributed by atoms with van der Waals surface area (Å²) in [6.45, 7) is 0. The maximum atomic E-state index is 8.97. The molecule has 2 atom stereocenters. The van der Waals surface area contributed by atoms with Gasteiger partial charge in [-0.1, -0.05) is 42.5 Å². The quantitative estimate of drug-likeness (QED) is 0.874. The molecule has 3 nitrogen and oxygen atoms in total. The van der Waals surface area contributed by atoms with Gasteiger partial charge in [-0.15, -0.1) is 0 Å². The minimum atomic E-state index is -0.624. The van der Waals surface area contributed by atoms with Gasteiger partial charge in [0.05, 0.1) is 12.1 Å². The summed E-state index contributed by atoms with van der Waals surface area (Å²) in [6.07, 6.45) is -0.624. The molecule has 0 amide bonds. The zero-order valence-corrected chi connectivity index (χ0v) is 9.63. The number of fused-ring (bicyclic) bond motifs is 1. The molecule has 2 aromatic rings. The normalized spacial score (nSPS) is 14.2. The van der Waals surface area contributed by atoms with Gasteiger partial charge in [-0.2, -0.15) is 5.26 Å². The Morgan fingerprint density at radius 3 is 2.59 bits per heavy atom. The van der Waals surface area contributed by atoms with E-state index in [1.54, 1.807) is 0 Å². The highest BCUT2D eigenvalue weighted by atomic mass is 16.5. The van der Waals surface area contributed by atoms with E-state index in [1.165, 1.54) is 7.11 Å². The molecule has 2 aromatic carbocycles. The molecule has 2 rings (SSSR count). The average Bonchev–Trinajstić information content (AvgIpc) is 2.39. The Bertz CT molecular complexity index is 554. The number of ether oxygens (including phenoxy) is 1. The zero-order valence-electron chi connectivity index (χ0n) is 9.63. The summed E-state index contributed by atoms with van der Waals surface area (Å²) >= 11 is 0. The van der Waals surface area contributed by atoms with E-state index < -0.39 is 12.1 Å². The van der Waals surface area contributed by atoms with Crippen molar-refractivity contribution >= 4 is 10.8 Å². The first kappa shape index (κ1) is 11.6. The van der Waals surface area contributed by atoms with Crippen LogP contribution < -0.4 is 5.73 Å². The number of hydrogen-bond acceptors (Lipinski definition) is 3. The topological polar surface area (TPSA) is 59.0 Å². The van der Waals surface area contributed by atoms with Crippen LogP contribution >= 0.6 is 0 Å². The van der Waals surface area contributed by atoms with E-state index in [4.69, 9.17) is 15.7 Å². The predicted molar refractivity (Wildman–Crippen MR) is 67.3 cm³/mol. The molecule has 0 spiro atoms. The minimum absolute atomic E-state index is 0.434. The standard InChI is InChI=1S/C14H14N2O/c1-17-13(9-15)14(16)12-8-4-6-10-5-2-3-7-11(10)12/h2-8,13-14H,16H2,1H3/t13-,14+/m1/s1. The number of nitrogens with two attached hydrogens (primary N) is 1. The lowest BCUT2D eigenvalue weighted by atomic mass is 9.96. The van der Waals surface area contributed by atoms with Crippen LogP contribution in [0.15, 0.2) is 42.5 Å². The zero-order chi connectivity index (χ0) is 12.3. The van der Waals surface area contributed by atoms with Gasteiger partial charge in [0.15, 0.2) is 6.10 Å². The van der Waals surface area contributed by atoms with Crippen LogP contribution in [0.2, 0.25) is 0 Å². The third-order valence-electron chi connectivity index (χ3n) is 2.89. The third kappa shape index (κ3) is 2.14. The van der Waals surface area contributed by atoms with Crippen LogP contribution in [0, 0.1) is 11.3 Å². The average molecular weight is 226 g/mol. The second kappa shape index (κ2) is 4.96. The van der Waals surface area contributed by atoms with Crippen molar-refractivity contribution in [2.45, 2.75) is 12.1 Å². The van der Waals surface area contributed by atoms with Crippen LogP contribution in [0.5, 0.6) is 0 Å². The van der Waals surface area contributed by atoms with Crippen LogP contribution in [-0.4, -0.2) is 13.2 Å². The molecule has 3 heteroatoms. The molecule has 0 heterocycles. The molecule has 0 aliphatic rings. The number of rotatable bonds is 3. The lowest BCUT2D eigenvalue weighted by Gasteiger charge is -2.18. The third-order valence-corrected chi connectivity index (χ3v) is 2.89. The number of nitriles is 1. The Hall–Kier alpha value is -1.89. The second-order valence-corrected chi connectivity index (χ2v) is 3.88. The van der Waals surface area contributed by atoms with E-state index in [9.17, 15) is 0 Å². The molecular formula is C14H14N2O. The summed E-state index contributed by atoms with van der Waals surface area (Å²) in [6, 6.07) is 15.5. The molecule has 0 fully saturated rings. The molecule has 0 radical (unpaired) electrons. The van der Waals surface area contributed by atoms with Gasteiger partial charge in [0.2, 0.25) is 0 Å². The van der Waals surface area contributed by atoms with Gasteiger partial charge in [0.25, 0.3) is 0 Å². The number of methoxy groups -OCH3 is 1. The summed E-state index contributed by atoms with van der Waals surface area (Å²) in [5.41, 5.74) is 7.02. The van der Waals surface area contributed by atoms with E-state index in [-0.39, 0.29) is 0 Å². The van der Waals surface area contributed by atoms with Crippen molar-refractivity contribution in [3.8, 4) is 6.07 Å². The van der Waals surface area contributed by atoms with E-state index >= 15 is 0 Å². The summed E-state index contributed by atoms with van der Waals surface area (Å²) in [5.74, 6) is 0. The van der Waals surface area contributed by atoms with E-state index in [2.05, 4.69) is 6.07 Å². The fraction of sp³-hybridized carbons (Fsp3) is 0.214. The Labute approximate surface area is 100 Å². The molecule has 0 bridgehead atoms. The lowest BCUT2D eigenvalue weighted by molar-refractivity contribution is 0.125. The predicted octanol–water partition coefficient (Wildman–Crippen LogP) is 2.38. The van der Waals surface area contributed by atoms with Gasteiger partial charge in [0, 0.05) is 7.11 Å². The number of nitrogens with zero attached hydrogens (tertiary/aromatic N) is 1. The van der Waals surface area contributed by atoms with Crippen molar-refractivity contribution in [2.75, 3.05) is 7.11 Å². The highest BCUT2D eigenvalue weighted by Crippen LogP contribution is 2.25. The van der Waals surface area contributed by atoms with Crippen molar-refractivity contribution in [3.05, 3.63) is 48.0 Å². The molecule has 0 aromatic heterocycles. The fourth-order valence-electron chi connectivity index (χ4n) is 1.98. The van der Waals surface area contributed by atoms with Crippen molar-refractivity contribution < 1.29 is 4.74 Å². The van der Waals surface area contributed by atoms with E-state index in [0.717, 1.165) is 16.3 Å². The van der Waals surface area contributed by atoms with Crippen LogP contribution in [0.4, 0.5) is 0 Å². The van der Waals surface area contributed by atoms with E-state index in [1.807, 2.05) is 42.5 Å². The maximum Gasteiger partial charge on any atom is 0.162 e. The lowest BCUT2D eigenvalue weighted by Crippen LogP contribution is -2.26. The highest BCUT2D eigenvalue weighted by molar-refractivity contribution is 5.86. The molecule has 17 heavy (non-hydrogen) atoms. The Balaban J connectivity index is 2.52. The monoisotopic (exact) mass is 226 g/mol. The molecular weight excluding hydrogens is 212 g/mol. The van der Waals surface area contributed by atoms with Crippen molar-refractivity contribution in [1.29, 1.82) is 5.26 Å². The van der Waals surface area contributed by atoms with Gasteiger partial charge in [-0.05, 0) is 16.3 Å². The van der Waals surface area contributed by atoms with Crippen LogP contribution in [0.1, 0.15) is 11.6 Å². The van der Waals surface area contributed by atoms with Crippen LogP contribution in [0.3, 0.4) is 0 Å². The van der Waals surface area contributed by atoms with Gasteiger partial charge in [-0.25, -0.2) is 0 Å². The largest absolute Gasteiger partial charge is 0.364 e. The molecule has 86 valence electrons. The summed E-state index contributed by atoms with van der Waals surface area (Å²) < 4.78 is 5.08. The Morgan fingerprint density at radius 1 is 1.18 bits per heavy atom. The van der Waals surface area contributed by atoms with Crippen molar-refractivity contribution in [2.24, 2.45) is 5.73 Å². The molecule has 0 saturated heterocycles. The Kier molecular flexibility index (Phi) is 3.38. The van der Waals surface area contributed by atoms with Crippen molar-refractivity contribution in [3.63, 3.8) is 0 Å². The van der Waals surface area contributed by atoms with Gasteiger partial charge >= 0.3 is 0 Å².